The Morgan fingerprint density at radius 2 is 1.78 bits per heavy atom. The lowest BCUT2D eigenvalue weighted by Crippen LogP contribution is -2.46. The topological polar surface area (TPSA) is 73.5 Å². The lowest BCUT2D eigenvalue weighted by molar-refractivity contribution is -0.128. The number of likely N-dealkylation sites (tertiary alicyclic amines) is 1. The first-order chi connectivity index (χ1) is 15.3. The van der Waals surface area contributed by atoms with Gasteiger partial charge in [0.15, 0.2) is 0 Å². The first-order valence-electron chi connectivity index (χ1n) is 11.6. The van der Waals surface area contributed by atoms with Gasteiger partial charge in [0.2, 0.25) is 11.8 Å². The highest BCUT2D eigenvalue weighted by Crippen LogP contribution is 2.32. The number of para-hydroxylation sites is 1. The normalized spacial score (nSPS) is 19.2. The van der Waals surface area contributed by atoms with Gasteiger partial charge in [-0.25, -0.2) is 0 Å². The molecule has 1 unspecified atom stereocenters. The van der Waals surface area contributed by atoms with Crippen LogP contribution in [0, 0.1) is 5.92 Å². The molecular weight excluding hydrogens is 400 g/mol. The third-order valence-electron chi connectivity index (χ3n) is 6.21. The summed E-state index contributed by atoms with van der Waals surface area (Å²) >= 11 is 0. The van der Waals surface area contributed by atoms with Gasteiger partial charge in [-0.15, -0.1) is 0 Å². The second kappa shape index (κ2) is 9.33. The van der Waals surface area contributed by atoms with E-state index in [1.54, 1.807) is 0 Å². The Morgan fingerprint density at radius 1 is 1.03 bits per heavy atom. The van der Waals surface area contributed by atoms with Crippen LogP contribution in [0.1, 0.15) is 50.7 Å². The minimum Gasteiger partial charge on any atom is -0.384 e. The van der Waals surface area contributed by atoms with Crippen LogP contribution in [0.3, 0.4) is 0 Å². The van der Waals surface area contributed by atoms with E-state index in [1.165, 1.54) is 5.56 Å². The van der Waals surface area contributed by atoms with Crippen LogP contribution in [-0.4, -0.2) is 41.9 Å². The Bertz CT molecular complexity index is 974. The summed E-state index contributed by atoms with van der Waals surface area (Å²) in [4.78, 5) is 27.7. The van der Waals surface area contributed by atoms with E-state index in [4.69, 9.17) is 0 Å². The molecular formula is C26H34N4O2. The van der Waals surface area contributed by atoms with Gasteiger partial charge in [-0.05, 0) is 76.0 Å². The largest absolute Gasteiger partial charge is 0.384 e. The van der Waals surface area contributed by atoms with E-state index < -0.39 is 0 Å². The predicted molar refractivity (Wildman–Crippen MR) is 129 cm³/mol. The van der Waals surface area contributed by atoms with Gasteiger partial charge < -0.3 is 16.0 Å². The minimum absolute atomic E-state index is 0.0188. The molecule has 1 saturated heterocycles. The van der Waals surface area contributed by atoms with Gasteiger partial charge in [0.25, 0.3) is 0 Å². The van der Waals surface area contributed by atoms with Crippen molar-refractivity contribution in [3.63, 3.8) is 0 Å². The third kappa shape index (κ3) is 5.49. The fourth-order valence-electron chi connectivity index (χ4n) is 4.58. The van der Waals surface area contributed by atoms with Gasteiger partial charge in [0.05, 0.1) is 5.92 Å². The van der Waals surface area contributed by atoms with Crippen molar-refractivity contribution in [2.45, 2.75) is 51.6 Å². The zero-order chi connectivity index (χ0) is 22.7. The SMILES string of the molecule is CC(C)(C)NC(=O)C1CCN(Cc2cccc(NC(=O)C3CNc4ccccc43)c2)CC1. The average Bonchev–Trinajstić information content (AvgIpc) is 3.18. The zero-order valence-corrected chi connectivity index (χ0v) is 19.3. The number of nitrogens with one attached hydrogen (secondary N) is 3. The number of benzene rings is 2. The summed E-state index contributed by atoms with van der Waals surface area (Å²) in [6, 6.07) is 16.1. The molecule has 1 fully saturated rings. The highest BCUT2D eigenvalue weighted by molar-refractivity contribution is 5.98. The Kier molecular flexibility index (Phi) is 6.51. The number of anilines is 2. The zero-order valence-electron chi connectivity index (χ0n) is 19.3. The van der Waals surface area contributed by atoms with E-state index in [0.29, 0.717) is 6.54 Å². The summed E-state index contributed by atoms with van der Waals surface area (Å²) in [5, 5.41) is 9.51. The molecule has 0 saturated carbocycles. The quantitative estimate of drug-likeness (QED) is 0.666. The second-order valence-corrected chi connectivity index (χ2v) is 10.0. The molecule has 1 atom stereocenters. The first kappa shape index (κ1) is 22.3. The molecule has 2 aliphatic rings. The number of fused-ring (bicyclic) bond motifs is 1. The van der Waals surface area contributed by atoms with Crippen molar-refractivity contribution in [1.29, 1.82) is 0 Å². The van der Waals surface area contributed by atoms with Crippen molar-refractivity contribution in [2.75, 3.05) is 30.3 Å². The summed E-state index contributed by atoms with van der Waals surface area (Å²) in [7, 11) is 0. The molecule has 4 rings (SSSR count). The maximum Gasteiger partial charge on any atom is 0.233 e. The first-order valence-corrected chi connectivity index (χ1v) is 11.6. The molecule has 0 aliphatic carbocycles. The highest BCUT2D eigenvalue weighted by Gasteiger charge is 2.29. The van der Waals surface area contributed by atoms with Crippen molar-refractivity contribution >= 4 is 23.2 Å². The Labute approximate surface area is 190 Å². The van der Waals surface area contributed by atoms with Crippen LogP contribution < -0.4 is 16.0 Å². The van der Waals surface area contributed by atoms with Crippen LogP contribution in [0.5, 0.6) is 0 Å². The standard InChI is InChI=1S/C26H34N4O2/c1-26(2,3)29-24(31)19-11-13-30(14-12-19)17-18-7-6-8-20(15-18)28-25(32)22-16-27-23-10-5-4-9-21(22)23/h4-10,15,19,22,27H,11-14,16-17H2,1-3H3,(H,28,32)(H,29,31). The Hall–Kier alpha value is -2.86. The molecule has 170 valence electrons. The molecule has 2 heterocycles. The highest BCUT2D eigenvalue weighted by atomic mass is 16.2. The molecule has 2 aromatic carbocycles. The number of carbonyl (C=O) groups is 2. The molecule has 0 radical (unpaired) electrons. The number of hydrogen-bond acceptors (Lipinski definition) is 4. The predicted octanol–water partition coefficient (Wildman–Crippen LogP) is 3.96. The van der Waals surface area contributed by atoms with Crippen molar-refractivity contribution in [3.8, 4) is 0 Å². The summed E-state index contributed by atoms with van der Waals surface area (Å²) in [5.74, 6) is 0.113. The van der Waals surface area contributed by atoms with E-state index in [2.05, 4.69) is 33.0 Å². The van der Waals surface area contributed by atoms with Crippen LogP contribution >= 0.6 is 0 Å². The van der Waals surface area contributed by atoms with Crippen LogP contribution in [0.25, 0.3) is 0 Å². The van der Waals surface area contributed by atoms with E-state index >= 15 is 0 Å². The van der Waals surface area contributed by atoms with Crippen molar-refractivity contribution in [3.05, 3.63) is 59.7 Å². The summed E-state index contributed by atoms with van der Waals surface area (Å²) in [5.41, 5.74) is 3.91. The average molecular weight is 435 g/mol. The number of hydrogen-bond donors (Lipinski definition) is 3. The van der Waals surface area contributed by atoms with E-state index in [-0.39, 0.29) is 29.2 Å². The van der Waals surface area contributed by atoms with Crippen molar-refractivity contribution in [2.24, 2.45) is 5.92 Å². The number of carbonyl (C=O) groups excluding carboxylic acids is 2. The molecule has 2 aliphatic heterocycles. The summed E-state index contributed by atoms with van der Waals surface area (Å²) in [6.45, 7) is 9.33. The van der Waals surface area contributed by atoms with Crippen LogP contribution in [0.15, 0.2) is 48.5 Å². The Balaban J connectivity index is 1.31. The number of rotatable bonds is 5. The number of piperidine rings is 1. The van der Waals surface area contributed by atoms with Gasteiger partial charge in [-0.2, -0.15) is 0 Å². The second-order valence-electron chi connectivity index (χ2n) is 10.0. The number of nitrogens with zero attached hydrogens (tertiary/aromatic N) is 1. The molecule has 0 aromatic heterocycles. The summed E-state index contributed by atoms with van der Waals surface area (Å²) < 4.78 is 0. The lowest BCUT2D eigenvalue weighted by Gasteiger charge is -2.33. The number of amides is 2. The molecule has 2 aromatic rings. The van der Waals surface area contributed by atoms with Gasteiger partial charge in [-0.1, -0.05) is 30.3 Å². The van der Waals surface area contributed by atoms with Crippen molar-refractivity contribution in [1.82, 2.24) is 10.2 Å². The Morgan fingerprint density at radius 3 is 2.53 bits per heavy atom. The molecule has 6 heteroatoms. The van der Waals surface area contributed by atoms with Gasteiger partial charge in [0, 0.05) is 35.9 Å². The van der Waals surface area contributed by atoms with Crippen LogP contribution in [0.2, 0.25) is 0 Å². The van der Waals surface area contributed by atoms with E-state index in [1.807, 2.05) is 57.2 Å². The minimum atomic E-state index is -0.185. The monoisotopic (exact) mass is 434 g/mol. The lowest BCUT2D eigenvalue weighted by atomic mass is 9.94. The van der Waals surface area contributed by atoms with E-state index in [0.717, 1.165) is 49.4 Å². The van der Waals surface area contributed by atoms with Crippen molar-refractivity contribution < 1.29 is 9.59 Å². The van der Waals surface area contributed by atoms with E-state index in [9.17, 15) is 9.59 Å². The molecule has 2 amide bonds. The van der Waals surface area contributed by atoms with Gasteiger partial charge in [0.1, 0.15) is 0 Å². The molecule has 6 nitrogen and oxygen atoms in total. The fourth-order valence-corrected chi connectivity index (χ4v) is 4.58. The molecule has 32 heavy (non-hydrogen) atoms. The molecule has 3 N–H and O–H groups in total. The van der Waals surface area contributed by atoms with Gasteiger partial charge >= 0.3 is 0 Å². The molecule has 0 spiro atoms. The fraction of sp³-hybridized carbons (Fsp3) is 0.462. The third-order valence-corrected chi connectivity index (χ3v) is 6.21. The van der Waals surface area contributed by atoms with Crippen LogP contribution in [-0.2, 0) is 16.1 Å². The van der Waals surface area contributed by atoms with Crippen LogP contribution in [0.4, 0.5) is 11.4 Å². The van der Waals surface area contributed by atoms with Gasteiger partial charge in [-0.3, -0.25) is 14.5 Å². The maximum absolute atomic E-state index is 12.9. The maximum atomic E-state index is 12.9. The summed E-state index contributed by atoms with van der Waals surface area (Å²) in [6.07, 6.45) is 1.76. The smallest absolute Gasteiger partial charge is 0.233 e. The molecule has 0 bridgehead atoms.